The molecule has 2 aromatic rings. The van der Waals surface area contributed by atoms with E-state index in [0.29, 0.717) is 16.8 Å². The van der Waals surface area contributed by atoms with Crippen LogP contribution in [0, 0.1) is 6.57 Å². The molecule has 0 fully saturated rings. The Morgan fingerprint density at radius 2 is 1.75 bits per heavy atom. The van der Waals surface area contributed by atoms with Crippen LogP contribution in [0.15, 0.2) is 17.0 Å². The van der Waals surface area contributed by atoms with Gasteiger partial charge in [-0.2, -0.15) is 26.3 Å². The molecule has 28 heavy (non-hydrogen) atoms. The van der Waals surface area contributed by atoms with Gasteiger partial charge in [-0.05, 0) is 17.2 Å². The Kier molecular flexibility index (Phi) is 6.19. The van der Waals surface area contributed by atoms with Gasteiger partial charge >= 0.3 is 18.2 Å². The van der Waals surface area contributed by atoms with Crippen molar-refractivity contribution in [3.8, 4) is 5.69 Å². The fourth-order valence-corrected chi connectivity index (χ4v) is 3.42. The molecule has 0 saturated carbocycles. The lowest BCUT2D eigenvalue weighted by atomic mass is 10.2. The molecule has 0 amide bonds. The zero-order valence-electron chi connectivity index (χ0n) is 13.0. The van der Waals surface area contributed by atoms with Gasteiger partial charge in [-0.1, -0.05) is 29.8 Å². The third kappa shape index (κ3) is 4.69. The number of benzene rings is 1. The van der Waals surface area contributed by atoms with E-state index in [1.54, 1.807) is 0 Å². The molecule has 0 bridgehead atoms. The van der Waals surface area contributed by atoms with Crippen molar-refractivity contribution in [1.29, 1.82) is 0 Å². The van der Waals surface area contributed by atoms with Crippen LogP contribution in [-0.4, -0.2) is 26.8 Å². The maximum Gasteiger partial charge on any atom is 0.416 e. The largest absolute Gasteiger partial charge is 0.416 e. The number of anilines is 1. The maximum absolute atomic E-state index is 12.8. The van der Waals surface area contributed by atoms with Crippen molar-refractivity contribution in [1.82, 2.24) is 9.78 Å². The summed E-state index contributed by atoms with van der Waals surface area (Å²) in [4.78, 5) is 2.17. The molecule has 1 aromatic carbocycles. The first-order valence-corrected chi connectivity index (χ1v) is 8.53. The molecule has 2 N–H and O–H groups in total. The molecule has 1 atom stereocenters. The van der Waals surface area contributed by atoms with Crippen molar-refractivity contribution in [2.24, 2.45) is 0 Å². The molecule has 0 radical (unpaired) electrons. The van der Waals surface area contributed by atoms with Crippen molar-refractivity contribution in [3.05, 3.63) is 39.2 Å². The summed E-state index contributed by atoms with van der Waals surface area (Å²) in [5.41, 5.74) is 4.11. The first-order valence-electron chi connectivity index (χ1n) is 6.70. The number of nitrogens with zero attached hydrogens (tertiary/aromatic N) is 3. The smallest absolute Gasteiger partial charge is 0.382 e. The van der Waals surface area contributed by atoms with Crippen LogP contribution in [-0.2, 0) is 21.4 Å². The highest BCUT2D eigenvalue weighted by molar-refractivity contribution is 7.80. The third-order valence-electron chi connectivity index (χ3n) is 3.02. The zero-order chi connectivity index (χ0) is 21.4. The van der Waals surface area contributed by atoms with Gasteiger partial charge in [0, 0.05) is 0 Å². The number of hydrogen-bond acceptors (Lipinski definition) is 4. The van der Waals surface area contributed by atoms with E-state index in [0.717, 1.165) is 0 Å². The van der Waals surface area contributed by atoms with Gasteiger partial charge in [-0.3, -0.25) is 4.18 Å². The summed E-state index contributed by atoms with van der Waals surface area (Å²) in [6.07, 6.45) is -9.57. The van der Waals surface area contributed by atoms with Crippen LogP contribution in [0.2, 0.25) is 10.0 Å². The van der Waals surface area contributed by atoms with Crippen molar-refractivity contribution in [2.75, 3.05) is 12.3 Å². The fraction of sp³-hybridized carbons (Fsp3) is 0.231. The Bertz CT molecular complexity index is 960. The normalized spacial score (nSPS) is 13.4. The van der Waals surface area contributed by atoms with Crippen molar-refractivity contribution >= 4 is 45.9 Å². The molecule has 0 aliphatic heterocycles. The molecule has 152 valence electrons. The van der Waals surface area contributed by atoms with E-state index in [9.17, 15) is 30.6 Å². The summed E-state index contributed by atoms with van der Waals surface area (Å²) in [6.45, 7) is 5.10. The first kappa shape index (κ1) is 22.3. The van der Waals surface area contributed by atoms with Gasteiger partial charge < -0.3 is 10.6 Å². The number of nitrogen functional groups attached to an aromatic ring is 1. The predicted octanol–water partition coefficient (Wildman–Crippen LogP) is 4.93. The van der Waals surface area contributed by atoms with E-state index in [1.165, 1.54) is 0 Å². The standard InChI is InChI=1S/C13H6Cl2F6N4O2S/c1-23-11-9(28(26)27-4-12(16,17)18)10(22)25(24-11)8-6(14)2-5(3-7(8)15)13(19,20)21/h2-3H,4,22H2. The molecule has 1 aromatic heterocycles. The SMILES string of the molecule is [C-]#[N+]c1nn(-c2c(Cl)cc(C(F)(F)F)cc2Cl)c(N)c1S(=O)OCC(F)(F)F. The fourth-order valence-electron chi connectivity index (χ4n) is 1.92. The molecular formula is C13H6Cl2F6N4O2S. The quantitative estimate of drug-likeness (QED) is 0.511. The zero-order valence-corrected chi connectivity index (χ0v) is 15.4. The van der Waals surface area contributed by atoms with Crippen molar-refractivity contribution < 1.29 is 34.7 Å². The van der Waals surface area contributed by atoms with Gasteiger partial charge in [0.15, 0.2) is 23.5 Å². The minimum Gasteiger partial charge on any atom is -0.382 e. The van der Waals surface area contributed by atoms with Gasteiger partial charge in [-0.25, -0.2) is 4.21 Å². The maximum atomic E-state index is 12.8. The van der Waals surface area contributed by atoms with Crippen LogP contribution in [0.3, 0.4) is 0 Å². The van der Waals surface area contributed by atoms with Gasteiger partial charge in [0.2, 0.25) is 0 Å². The number of alkyl halides is 6. The second-order valence-corrected chi connectivity index (χ2v) is 6.89. The lowest BCUT2D eigenvalue weighted by Crippen LogP contribution is -2.18. The Balaban J connectivity index is 2.57. The van der Waals surface area contributed by atoms with Crippen LogP contribution in [0.5, 0.6) is 0 Å². The highest BCUT2D eigenvalue weighted by atomic mass is 35.5. The summed E-state index contributed by atoms with van der Waals surface area (Å²) in [6, 6.07) is 1.02. The summed E-state index contributed by atoms with van der Waals surface area (Å²) in [7, 11) is 0. The molecule has 15 heteroatoms. The molecule has 0 aliphatic rings. The third-order valence-corrected chi connectivity index (χ3v) is 4.65. The predicted molar refractivity (Wildman–Crippen MR) is 87.7 cm³/mol. The summed E-state index contributed by atoms with van der Waals surface area (Å²) >= 11 is 8.79. The van der Waals surface area contributed by atoms with Crippen LogP contribution >= 0.6 is 23.2 Å². The minimum atomic E-state index is -4.81. The van der Waals surface area contributed by atoms with E-state index in [-0.39, 0.29) is 0 Å². The lowest BCUT2D eigenvalue weighted by Gasteiger charge is -2.12. The highest BCUT2D eigenvalue weighted by Gasteiger charge is 2.35. The van der Waals surface area contributed by atoms with E-state index in [4.69, 9.17) is 35.5 Å². The van der Waals surface area contributed by atoms with Crippen LogP contribution in [0.25, 0.3) is 10.5 Å². The average Bonchev–Trinajstić information content (AvgIpc) is 2.87. The van der Waals surface area contributed by atoms with Crippen LogP contribution in [0.4, 0.5) is 38.0 Å². The molecule has 1 unspecified atom stereocenters. The highest BCUT2D eigenvalue weighted by Crippen LogP contribution is 2.40. The van der Waals surface area contributed by atoms with E-state index in [2.05, 4.69) is 14.1 Å². The molecule has 0 spiro atoms. The molecule has 0 saturated heterocycles. The number of nitrogens with two attached hydrogens (primary N) is 1. The van der Waals surface area contributed by atoms with Gasteiger partial charge in [0.05, 0.1) is 15.6 Å². The average molecular weight is 467 g/mol. The second kappa shape index (κ2) is 7.78. The van der Waals surface area contributed by atoms with Crippen molar-refractivity contribution in [2.45, 2.75) is 17.2 Å². The Labute approximate surface area is 165 Å². The van der Waals surface area contributed by atoms with Gasteiger partial charge in [0.25, 0.3) is 0 Å². The Hall–Kier alpha value is -2.01. The minimum absolute atomic E-state index is 0.391. The van der Waals surface area contributed by atoms with E-state index < -0.39 is 67.9 Å². The molecule has 2 rings (SSSR count). The second-order valence-electron chi connectivity index (χ2n) is 4.96. The number of aromatic nitrogens is 2. The molecule has 0 aliphatic carbocycles. The van der Waals surface area contributed by atoms with Crippen LogP contribution in [0.1, 0.15) is 5.56 Å². The number of halogens is 8. The van der Waals surface area contributed by atoms with Crippen LogP contribution < -0.4 is 5.73 Å². The Morgan fingerprint density at radius 1 is 1.21 bits per heavy atom. The van der Waals surface area contributed by atoms with Gasteiger partial charge in [-0.15, -0.1) is 4.68 Å². The summed E-state index contributed by atoms with van der Waals surface area (Å²) < 4.78 is 91.9. The molecule has 1 heterocycles. The van der Waals surface area contributed by atoms with E-state index >= 15 is 0 Å². The van der Waals surface area contributed by atoms with Gasteiger partial charge in [0.1, 0.15) is 10.6 Å². The summed E-state index contributed by atoms with van der Waals surface area (Å²) in [5, 5.41) is 2.47. The topological polar surface area (TPSA) is 74.5 Å². The monoisotopic (exact) mass is 466 g/mol. The first-order chi connectivity index (χ1) is 12.8. The number of hydrogen-bond donors (Lipinski definition) is 1. The van der Waals surface area contributed by atoms with Crippen molar-refractivity contribution in [3.63, 3.8) is 0 Å². The Morgan fingerprint density at radius 3 is 2.18 bits per heavy atom. The van der Waals surface area contributed by atoms with E-state index in [1.807, 2.05) is 0 Å². The number of rotatable bonds is 4. The summed E-state index contributed by atoms with van der Waals surface area (Å²) in [5.74, 6) is -1.35. The molecular weight excluding hydrogens is 461 g/mol. The lowest BCUT2D eigenvalue weighted by molar-refractivity contribution is -0.151. The molecule has 6 nitrogen and oxygen atoms in total.